The summed E-state index contributed by atoms with van der Waals surface area (Å²) < 4.78 is 41.2. The van der Waals surface area contributed by atoms with Crippen LogP contribution >= 0.6 is 0 Å². The van der Waals surface area contributed by atoms with Gasteiger partial charge in [0.15, 0.2) is 17.5 Å². The van der Waals surface area contributed by atoms with Gasteiger partial charge in [-0.3, -0.25) is 0 Å². The van der Waals surface area contributed by atoms with Crippen molar-refractivity contribution in [2.75, 3.05) is 0 Å². The van der Waals surface area contributed by atoms with E-state index in [1.54, 1.807) is 0 Å². The van der Waals surface area contributed by atoms with Gasteiger partial charge in [0.05, 0.1) is 6.20 Å². The zero-order valence-corrected chi connectivity index (χ0v) is 10.5. The lowest BCUT2D eigenvalue weighted by Gasteiger charge is -2.10. The Balaban J connectivity index is 2.58. The van der Waals surface area contributed by atoms with Gasteiger partial charge in [-0.1, -0.05) is 13.3 Å². The van der Waals surface area contributed by atoms with Gasteiger partial charge in [-0.25, -0.2) is 17.9 Å². The van der Waals surface area contributed by atoms with Crippen LogP contribution in [0.2, 0.25) is 0 Å². The van der Waals surface area contributed by atoms with Crippen molar-refractivity contribution in [1.82, 2.24) is 9.78 Å². The lowest BCUT2D eigenvalue weighted by Crippen LogP contribution is -2.08. The second-order valence-corrected chi connectivity index (χ2v) is 4.20. The molecule has 0 atom stereocenters. The van der Waals surface area contributed by atoms with E-state index in [1.165, 1.54) is 10.9 Å². The fraction of sp³-hybridized carbons (Fsp3) is 0.308. The van der Waals surface area contributed by atoms with Gasteiger partial charge in [0.2, 0.25) is 0 Å². The van der Waals surface area contributed by atoms with Crippen LogP contribution in [0.1, 0.15) is 24.6 Å². The SMILES string of the molecule is CCCc1c(CN)cnn1-c1cc(F)c(F)cc1F. The summed E-state index contributed by atoms with van der Waals surface area (Å²) in [5, 5.41) is 4.01. The van der Waals surface area contributed by atoms with Gasteiger partial charge in [0, 0.05) is 29.9 Å². The summed E-state index contributed by atoms with van der Waals surface area (Å²) >= 11 is 0. The smallest absolute Gasteiger partial charge is 0.161 e. The van der Waals surface area contributed by atoms with Crippen molar-refractivity contribution >= 4 is 0 Å². The summed E-state index contributed by atoms with van der Waals surface area (Å²) in [6.07, 6.45) is 2.96. The first-order valence-corrected chi connectivity index (χ1v) is 5.99. The normalized spacial score (nSPS) is 11.0. The highest BCUT2D eigenvalue weighted by atomic mass is 19.2. The number of hydrogen-bond acceptors (Lipinski definition) is 2. The maximum Gasteiger partial charge on any atom is 0.161 e. The van der Waals surface area contributed by atoms with Gasteiger partial charge in [-0.2, -0.15) is 5.10 Å². The van der Waals surface area contributed by atoms with Crippen LogP contribution in [0, 0.1) is 17.5 Å². The van der Waals surface area contributed by atoms with Crippen molar-refractivity contribution in [2.24, 2.45) is 5.73 Å². The molecule has 0 saturated heterocycles. The van der Waals surface area contributed by atoms with Crippen LogP contribution in [0.5, 0.6) is 0 Å². The largest absolute Gasteiger partial charge is 0.326 e. The van der Waals surface area contributed by atoms with E-state index in [1.807, 2.05) is 6.92 Å². The van der Waals surface area contributed by atoms with Crippen LogP contribution in [-0.2, 0) is 13.0 Å². The van der Waals surface area contributed by atoms with Gasteiger partial charge < -0.3 is 5.73 Å². The topological polar surface area (TPSA) is 43.8 Å². The van der Waals surface area contributed by atoms with Crippen molar-refractivity contribution in [1.29, 1.82) is 0 Å². The third-order valence-corrected chi connectivity index (χ3v) is 2.88. The summed E-state index contributed by atoms with van der Waals surface area (Å²) in [5.41, 5.74) is 6.96. The second-order valence-electron chi connectivity index (χ2n) is 4.20. The molecule has 102 valence electrons. The Morgan fingerprint density at radius 2 is 1.84 bits per heavy atom. The fourth-order valence-electron chi connectivity index (χ4n) is 1.96. The van der Waals surface area contributed by atoms with Gasteiger partial charge in [-0.05, 0) is 6.42 Å². The summed E-state index contributed by atoms with van der Waals surface area (Å²) in [4.78, 5) is 0. The number of hydrogen-bond donors (Lipinski definition) is 1. The molecule has 3 nitrogen and oxygen atoms in total. The molecule has 0 amide bonds. The van der Waals surface area contributed by atoms with E-state index in [0.29, 0.717) is 12.5 Å². The van der Waals surface area contributed by atoms with Crippen molar-refractivity contribution < 1.29 is 13.2 Å². The molecule has 6 heteroatoms. The second kappa shape index (κ2) is 5.44. The number of nitrogens with two attached hydrogens (primary N) is 1. The maximum atomic E-state index is 13.8. The number of benzene rings is 1. The highest BCUT2D eigenvalue weighted by Crippen LogP contribution is 2.21. The lowest BCUT2D eigenvalue weighted by atomic mass is 10.1. The van der Waals surface area contributed by atoms with E-state index in [4.69, 9.17) is 5.73 Å². The van der Waals surface area contributed by atoms with Crippen LogP contribution in [-0.4, -0.2) is 9.78 Å². The van der Waals surface area contributed by atoms with Crippen molar-refractivity contribution in [3.8, 4) is 5.69 Å². The van der Waals surface area contributed by atoms with E-state index in [2.05, 4.69) is 5.10 Å². The lowest BCUT2D eigenvalue weighted by molar-refractivity contribution is 0.490. The van der Waals surface area contributed by atoms with Gasteiger partial charge >= 0.3 is 0 Å². The van der Waals surface area contributed by atoms with Gasteiger partial charge in [0.1, 0.15) is 5.69 Å². The van der Waals surface area contributed by atoms with E-state index in [-0.39, 0.29) is 12.2 Å². The molecule has 0 unspecified atom stereocenters. The first-order valence-electron chi connectivity index (χ1n) is 5.99. The van der Waals surface area contributed by atoms with E-state index in [0.717, 1.165) is 23.7 Å². The molecule has 1 heterocycles. The predicted octanol–water partition coefficient (Wildman–Crippen LogP) is 2.70. The van der Waals surface area contributed by atoms with Crippen molar-refractivity contribution in [2.45, 2.75) is 26.3 Å². The minimum atomic E-state index is -1.22. The first-order chi connectivity index (χ1) is 9.08. The van der Waals surface area contributed by atoms with Crippen LogP contribution < -0.4 is 5.73 Å². The Morgan fingerprint density at radius 3 is 2.47 bits per heavy atom. The summed E-state index contributed by atoms with van der Waals surface area (Å²) in [6.45, 7) is 2.22. The molecule has 0 aliphatic heterocycles. The van der Waals surface area contributed by atoms with E-state index < -0.39 is 17.5 Å². The molecule has 0 bridgehead atoms. The molecular formula is C13H14F3N3. The van der Waals surface area contributed by atoms with Crippen LogP contribution in [0.25, 0.3) is 5.69 Å². The average molecular weight is 269 g/mol. The number of rotatable bonds is 4. The third-order valence-electron chi connectivity index (χ3n) is 2.88. The van der Waals surface area contributed by atoms with E-state index >= 15 is 0 Å². The molecule has 2 N–H and O–H groups in total. The van der Waals surface area contributed by atoms with Crippen LogP contribution in [0.3, 0.4) is 0 Å². The maximum absolute atomic E-state index is 13.8. The molecule has 1 aromatic heterocycles. The van der Waals surface area contributed by atoms with Crippen LogP contribution in [0.15, 0.2) is 18.3 Å². The zero-order chi connectivity index (χ0) is 14.0. The minimum absolute atomic E-state index is 0.109. The molecule has 0 saturated carbocycles. The molecule has 19 heavy (non-hydrogen) atoms. The predicted molar refractivity (Wildman–Crippen MR) is 65.3 cm³/mol. The van der Waals surface area contributed by atoms with Crippen LogP contribution in [0.4, 0.5) is 13.2 Å². The molecule has 0 aliphatic carbocycles. The molecule has 1 aromatic carbocycles. The Hall–Kier alpha value is -1.82. The molecule has 2 aromatic rings. The first kappa shape index (κ1) is 13.6. The minimum Gasteiger partial charge on any atom is -0.326 e. The van der Waals surface area contributed by atoms with Crippen molar-refractivity contribution in [3.63, 3.8) is 0 Å². The quantitative estimate of drug-likeness (QED) is 0.867. The van der Waals surface area contributed by atoms with Gasteiger partial charge in [-0.15, -0.1) is 0 Å². The number of nitrogens with zero attached hydrogens (tertiary/aromatic N) is 2. The molecule has 0 fully saturated rings. The summed E-state index contributed by atoms with van der Waals surface area (Å²) in [6, 6.07) is 1.32. The Labute approximate surface area is 108 Å². The number of halogens is 3. The highest BCUT2D eigenvalue weighted by molar-refractivity contribution is 5.37. The Kier molecular flexibility index (Phi) is 3.90. The molecule has 0 radical (unpaired) electrons. The Bertz CT molecular complexity index is 593. The number of aromatic nitrogens is 2. The third kappa shape index (κ3) is 2.49. The van der Waals surface area contributed by atoms with E-state index in [9.17, 15) is 13.2 Å². The average Bonchev–Trinajstić information content (AvgIpc) is 2.77. The summed E-state index contributed by atoms with van der Waals surface area (Å²) in [7, 11) is 0. The molecule has 0 aliphatic rings. The molecule has 2 rings (SSSR count). The Morgan fingerprint density at radius 1 is 1.16 bits per heavy atom. The molecule has 0 spiro atoms. The fourth-order valence-corrected chi connectivity index (χ4v) is 1.96. The zero-order valence-electron chi connectivity index (χ0n) is 10.5. The van der Waals surface area contributed by atoms with Crippen molar-refractivity contribution in [3.05, 3.63) is 47.0 Å². The standard InChI is InChI=1S/C13H14F3N3/c1-2-3-12-8(6-17)7-18-19(12)13-5-10(15)9(14)4-11(13)16/h4-5,7H,2-3,6,17H2,1H3. The highest BCUT2D eigenvalue weighted by Gasteiger charge is 2.16. The van der Waals surface area contributed by atoms with Gasteiger partial charge in [0.25, 0.3) is 0 Å². The monoisotopic (exact) mass is 269 g/mol. The molecular weight excluding hydrogens is 255 g/mol. The summed E-state index contributed by atoms with van der Waals surface area (Å²) in [5.74, 6) is -3.18.